The number of pyridine rings is 1. The molecule has 0 saturated heterocycles. The molecule has 1 rings (SSSR count). The molecule has 0 radical (unpaired) electrons. The first kappa shape index (κ1) is 14.7. The fourth-order valence-electron chi connectivity index (χ4n) is 2.09. The predicted octanol–water partition coefficient (Wildman–Crippen LogP) is 3.63. The molecule has 0 aromatic carbocycles. The van der Waals surface area contributed by atoms with Gasteiger partial charge in [0.15, 0.2) is 0 Å². The summed E-state index contributed by atoms with van der Waals surface area (Å²) in [5.74, 6) is 0.745. The number of aromatic nitrogens is 1. The minimum atomic E-state index is 0.745. The van der Waals surface area contributed by atoms with Gasteiger partial charge in [0.05, 0.1) is 5.69 Å². The van der Waals surface area contributed by atoms with Crippen LogP contribution in [0.15, 0.2) is 18.2 Å². The minimum Gasteiger partial charge on any atom is -0.300 e. The zero-order valence-corrected chi connectivity index (χ0v) is 12.7. The van der Waals surface area contributed by atoms with Crippen molar-refractivity contribution in [3.63, 3.8) is 0 Å². The van der Waals surface area contributed by atoms with Crippen molar-refractivity contribution >= 4 is 15.9 Å². The topological polar surface area (TPSA) is 16.1 Å². The Morgan fingerprint density at radius 3 is 2.76 bits per heavy atom. The van der Waals surface area contributed by atoms with Gasteiger partial charge in [-0.25, -0.2) is 0 Å². The first-order chi connectivity index (χ1) is 8.15. The van der Waals surface area contributed by atoms with Crippen LogP contribution in [0.4, 0.5) is 0 Å². The second-order valence-electron chi connectivity index (χ2n) is 4.78. The molecule has 3 heteroatoms. The summed E-state index contributed by atoms with van der Waals surface area (Å²) in [6, 6.07) is 6.23. The highest BCUT2D eigenvalue weighted by Gasteiger charge is 2.10. The van der Waals surface area contributed by atoms with E-state index >= 15 is 0 Å². The number of hydrogen-bond donors (Lipinski definition) is 0. The van der Waals surface area contributed by atoms with E-state index in [1.807, 2.05) is 13.0 Å². The van der Waals surface area contributed by atoms with E-state index in [2.05, 4.69) is 51.9 Å². The molecule has 1 atom stereocenters. The monoisotopic (exact) mass is 298 g/mol. The number of alkyl halides is 1. The van der Waals surface area contributed by atoms with Crippen molar-refractivity contribution in [2.75, 3.05) is 18.9 Å². The van der Waals surface area contributed by atoms with Crippen molar-refractivity contribution in [1.29, 1.82) is 0 Å². The molecular formula is C14H23BrN2. The average molecular weight is 299 g/mol. The number of halogens is 1. The van der Waals surface area contributed by atoms with Crippen molar-refractivity contribution in [2.45, 2.75) is 33.2 Å². The van der Waals surface area contributed by atoms with Crippen LogP contribution >= 0.6 is 15.9 Å². The third-order valence-electron chi connectivity index (χ3n) is 2.86. The normalized spacial score (nSPS) is 13.0. The van der Waals surface area contributed by atoms with E-state index in [0.717, 1.165) is 35.7 Å². The third-order valence-corrected chi connectivity index (χ3v) is 3.78. The van der Waals surface area contributed by atoms with E-state index in [4.69, 9.17) is 0 Å². The number of nitrogens with zero attached hydrogens (tertiary/aromatic N) is 2. The molecule has 0 aliphatic rings. The average Bonchev–Trinajstić information content (AvgIpc) is 2.28. The Kier molecular flexibility index (Phi) is 6.75. The molecule has 0 aliphatic heterocycles. The maximum absolute atomic E-state index is 4.54. The van der Waals surface area contributed by atoms with Crippen molar-refractivity contribution in [3.05, 3.63) is 29.6 Å². The van der Waals surface area contributed by atoms with Gasteiger partial charge >= 0.3 is 0 Å². The second kappa shape index (κ2) is 7.83. The molecule has 0 N–H and O–H groups in total. The number of rotatable bonds is 7. The summed E-state index contributed by atoms with van der Waals surface area (Å²) >= 11 is 3.60. The summed E-state index contributed by atoms with van der Waals surface area (Å²) in [5, 5.41) is 1.09. The van der Waals surface area contributed by atoms with Crippen LogP contribution in [-0.4, -0.2) is 28.8 Å². The molecule has 96 valence electrons. The Labute approximate surface area is 114 Å². The fraction of sp³-hybridized carbons (Fsp3) is 0.643. The van der Waals surface area contributed by atoms with Gasteiger partial charge < -0.3 is 4.90 Å². The lowest BCUT2D eigenvalue weighted by Crippen LogP contribution is -2.26. The summed E-state index contributed by atoms with van der Waals surface area (Å²) in [4.78, 5) is 6.90. The van der Waals surface area contributed by atoms with Crippen LogP contribution in [0.25, 0.3) is 0 Å². The van der Waals surface area contributed by atoms with E-state index in [1.165, 1.54) is 12.8 Å². The van der Waals surface area contributed by atoms with Crippen LogP contribution in [0, 0.1) is 12.8 Å². The van der Waals surface area contributed by atoms with Gasteiger partial charge in [0.2, 0.25) is 0 Å². The Morgan fingerprint density at radius 2 is 2.18 bits per heavy atom. The number of hydrogen-bond acceptors (Lipinski definition) is 2. The van der Waals surface area contributed by atoms with E-state index in [0.29, 0.717) is 0 Å². The largest absolute Gasteiger partial charge is 0.300 e. The molecule has 0 aliphatic carbocycles. The molecule has 0 amide bonds. The lowest BCUT2D eigenvalue weighted by Gasteiger charge is -2.22. The van der Waals surface area contributed by atoms with Gasteiger partial charge in [-0.2, -0.15) is 0 Å². The Morgan fingerprint density at radius 1 is 1.41 bits per heavy atom. The minimum absolute atomic E-state index is 0.745. The first-order valence-electron chi connectivity index (χ1n) is 6.32. The van der Waals surface area contributed by atoms with Crippen LogP contribution in [-0.2, 0) is 6.54 Å². The lowest BCUT2D eigenvalue weighted by atomic mass is 10.1. The van der Waals surface area contributed by atoms with E-state index in [1.54, 1.807) is 0 Å². The smallest absolute Gasteiger partial charge is 0.0547 e. The summed E-state index contributed by atoms with van der Waals surface area (Å²) in [6.45, 7) is 6.36. The third kappa shape index (κ3) is 5.64. The van der Waals surface area contributed by atoms with Crippen LogP contribution < -0.4 is 0 Å². The molecule has 0 bridgehead atoms. The second-order valence-corrected chi connectivity index (χ2v) is 5.42. The summed E-state index contributed by atoms with van der Waals surface area (Å²) in [6.07, 6.45) is 2.55. The van der Waals surface area contributed by atoms with Crippen LogP contribution in [0.3, 0.4) is 0 Å². The zero-order chi connectivity index (χ0) is 12.7. The molecule has 17 heavy (non-hydrogen) atoms. The van der Waals surface area contributed by atoms with Crippen LogP contribution in [0.2, 0.25) is 0 Å². The molecule has 2 nitrogen and oxygen atoms in total. The highest BCUT2D eigenvalue weighted by Crippen LogP contribution is 2.12. The van der Waals surface area contributed by atoms with E-state index in [9.17, 15) is 0 Å². The standard InChI is InChI=1S/C14H23BrN2/c1-4-6-13(9-15)10-17(3)11-14-8-5-7-12(2)16-14/h5,7-8,13H,4,6,9-11H2,1-3H3. The van der Waals surface area contributed by atoms with Crippen molar-refractivity contribution in [1.82, 2.24) is 9.88 Å². The Balaban J connectivity index is 2.45. The summed E-state index contributed by atoms with van der Waals surface area (Å²) < 4.78 is 0. The molecule has 1 aromatic rings. The Bertz CT molecular complexity index is 328. The van der Waals surface area contributed by atoms with Crippen LogP contribution in [0.1, 0.15) is 31.2 Å². The molecule has 0 saturated carbocycles. The quantitative estimate of drug-likeness (QED) is 0.715. The van der Waals surface area contributed by atoms with Crippen LogP contribution in [0.5, 0.6) is 0 Å². The van der Waals surface area contributed by atoms with Gasteiger partial charge in [0.1, 0.15) is 0 Å². The predicted molar refractivity (Wildman–Crippen MR) is 77.5 cm³/mol. The van der Waals surface area contributed by atoms with Crippen molar-refractivity contribution in [2.24, 2.45) is 5.92 Å². The van der Waals surface area contributed by atoms with E-state index < -0.39 is 0 Å². The zero-order valence-electron chi connectivity index (χ0n) is 11.1. The highest BCUT2D eigenvalue weighted by atomic mass is 79.9. The molecular weight excluding hydrogens is 276 g/mol. The van der Waals surface area contributed by atoms with Crippen molar-refractivity contribution in [3.8, 4) is 0 Å². The van der Waals surface area contributed by atoms with Crippen molar-refractivity contribution < 1.29 is 0 Å². The highest BCUT2D eigenvalue weighted by molar-refractivity contribution is 9.09. The van der Waals surface area contributed by atoms with Gasteiger partial charge in [-0.3, -0.25) is 4.98 Å². The Hall–Kier alpha value is -0.410. The van der Waals surface area contributed by atoms with Gasteiger partial charge in [-0.1, -0.05) is 35.3 Å². The maximum atomic E-state index is 4.54. The lowest BCUT2D eigenvalue weighted by molar-refractivity contribution is 0.271. The summed E-state index contributed by atoms with van der Waals surface area (Å²) in [5.41, 5.74) is 2.26. The molecule has 0 spiro atoms. The fourth-order valence-corrected chi connectivity index (χ4v) is 2.62. The molecule has 1 aromatic heterocycles. The summed E-state index contributed by atoms with van der Waals surface area (Å²) in [7, 11) is 2.18. The molecule has 1 heterocycles. The van der Waals surface area contributed by atoms with Gasteiger partial charge in [0.25, 0.3) is 0 Å². The van der Waals surface area contributed by atoms with Gasteiger partial charge in [0, 0.05) is 24.1 Å². The van der Waals surface area contributed by atoms with Gasteiger partial charge in [-0.15, -0.1) is 0 Å². The van der Waals surface area contributed by atoms with Gasteiger partial charge in [-0.05, 0) is 38.4 Å². The van der Waals surface area contributed by atoms with E-state index in [-0.39, 0.29) is 0 Å². The number of aryl methyl sites for hydroxylation is 1. The first-order valence-corrected chi connectivity index (χ1v) is 7.45. The molecule has 1 unspecified atom stereocenters. The SMILES string of the molecule is CCCC(CBr)CN(C)Cc1cccc(C)n1. The molecule has 0 fully saturated rings. The maximum Gasteiger partial charge on any atom is 0.0547 e.